The van der Waals surface area contributed by atoms with Gasteiger partial charge in [0.05, 0.1) is 24.4 Å². The molecule has 8 nitrogen and oxygen atoms in total. The van der Waals surface area contributed by atoms with Gasteiger partial charge < -0.3 is 14.8 Å². The van der Waals surface area contributed by atoms with E-state index in [9.17, 15) is 9.90 Å². The van der Waals surface area contributed by atoms with Crippen molar-refractivity contribution < 1.29 is 14.6 Å². The van der Waals surface area contributed by atoms with E-state index in [4.69, 9.17) is 9.84 Å². The molecular formula is C27H29N5O3. The number of aromatic amines is 1. The Balaban J connectivity index is 1.41. The number of carboxylic acids is 1. The van der Waals surface area contributed by atoms with Gasteiger partial charge in [-0.25, -0.2) is 4.79 Å². The van der Waals surface area contributed by atoms with E-state index in [1.165, 1.54) is 16.5 Å². The lowest BCUT2D eigenvalue weighted by Gasteiger charge is -2.44. The number of fused-ring (bicyclic) bond motifs is 4. The Morgan fingerprint density at radius 1 is 1.20 bits per heavy atom. The van der Waals surface area contributed by atoms with Crippen molar-refractivity contribution in [1.82, 2.24) is 24.6 Å². The number of hydrogen-bond donors (Lipinski definition) is 2. The minimum atomic E-state index is -0.905. The number of carbonyl (C=O) groups is 1. The van der Waals surface area contributed by atoms with Crippen LogP contribution in [0.1, 0.15) is 50.4 Å². The molecule has 0 unspecified atom stereocenters. The fourth-order valence-corrected chi connectivity index (χ4v) is 5.87. The molecule has 0 saturated carbocycles. The predicted octanol–water partition coefficient (Wildman–Crippen LogP) is 4.03. The lowest BCUT2D eigenvalue weighted by atomic mass is 9.96. The molecule has 0 radical (unpaired) electrons. The van der Waals surface area contributed by atoms with E-state index in [-0.39, 0.29) is 12.1 Å². The first-order valence-corrected chi connectivity index (χ1v) is 11.9. The van der Waals surface area contributed by atoms with Crippen LogP contribution in [-0.4, -0.2) is 55.8 Å². The topological polar surface area (TPSA) is 86.6 Å². The zero-order valence-corrected chi connectivity index (χ0v) is 20.2. The first-order valence-electron chi connectivity index (χ1n) is 11.9. The van der Waals surface area contributed by atoms with Crippen LogP contribution in [-0.2, 0) is 20.1 Å². The summed E-state index contributed by atoms with van der Waals surface area (Å²) in [5.41, 5.74) is 7.35. The third kappa shape index (κ3) is 3.61. The van der Waals surface area contributed by atoms with E-state index in [0.29, 0.717) is 5.56 Å². The van der Waals surface area contributed by atoms with Gasteiger partial charge in [0.15, 0.2) is 0 Å². The highest BCUT2D eigenvalue weighted by Crippen LogP contribution is 2.43. The Hall–Kier alpha value is -3.62. The number of H-pyrrole nitrogens is 1. The number of carboxylic acid groups (broad SMARTS) is 1. The van der Waals surface area contributed by atoms with E-state index in [1.807, 2.05) is 30.1 Å². The number of methoxy groups -OCH3 is 1. The van der Waals surface area contributed by atoms with Crippen LogP contribution in [0.15, 0.2) is 48.8 Å². The Bertz CT molecular complexity index is 1420. The zero-order chi connectivity index (χ0) is 24.3. The molecule has 4 heterocycles. The minimum absolute atomic E-state index is 0.117. The number of nitrogens with zero attached hydrogens (tertiary/aromatic N) is 4. The molecule has 2 aliphatic heterocycles. The van der Waals surface area contributed by atoms with Crippen molar-refractivity contribution in [2.75, 3.05) is 20.2 Å². The molecule has 180 valence electrons. The summed E-state index contributed by atoms with van der Waals surface area (Å²) < 4.78 is 7.76. The smallest absolute Gasteiger partial charge is 0.335 e. The van der Waals surface area contributed by atoms with Gasteiger partial charge in [-0.1, -0.05) is 12.1 Å². The molecule has 2 aliphatic rings. The molecule has 2 aromatic carbocycles. The maximum atomic E-state index is 11.4. The molecule has 0 amide bonds. The number of hydrogen-bond acceptors (Lipinski definition) is 5. The largest absolute Gasteiger partial charge is 0.496 e. The average Bonchev–Trinajstić information content (AvgIpc) is 3.55. The van der Waals surface area contributed by atoms with Gasteiger partial charge >= 0.3 is 5.97 Å². The molecule has 2 atom stereocenters. The van der Waals surface area contributed by atoms with E-state index >= 15 is 0 Å². The van der Waals surface area contributed by atoms with Crippen LogP contribution in [0, 0.1) is 6.92 Å². The maximum absolute atomic E-state index is 11.4. The molecule has 1 saturated heterocycles. The minimum Gasteiger partial charge on any atom is -0.496 e. The van der Waals surface area contributed by atoms with Crippen molar-refractivity contribution >= 4 is 16.9 Å². The predicted molar refractivity (Wildman–Crippen MR) is 132 cm³/mol. The first-order chi connectivity index (χ1) is 16.9. The summed E-state index contributed by atoms with van der Waals surface area (Å²) in [5.74, 6) is -0.0108. The van der Waals surface area contributed by atoms with Crippen LogP contribution >= 0.6 is 0 Å². The standard InChI is InChI=1S/C27H29N5O3/c1-16-10-25(35-3)20(19-8-9-28-26(16)19)12-31-15-24-21-11-30(2)29-22(21)13-32(24)14-23(31)17-4-6-18(7-5-17)27(33)34/h4-11,23-24,28H,12-15H2,1-3H3,(H,33,34)/t23-,24-/m0/s1. The van der Waals surface area contributed by atoms with Gasteiger partial charge in [-0.15, -0.1) is 0 Å². The number of aryl methyl sites for hydroxylation is 2. The second kappa shape index (κ2) is 8.25. The highest BCUT2D eigenvalue weighted by atomic mass is 16.5. The second-order valence-corrected chi connectivity index (χ2v) is 9.66. The van der Waals surface area contributed by atoms with Gasteiger partial charge in [0.25, 0.3) is 0 Å². The number of nitrogens with one attached hydrogen (secondary N) is 1. The number of aromatic carboxylic acids is 1. The lowest BCUT2D eigenvalue weighted by Crippen LogP contribution is -2.47. The average molecular weight is 472 g/mol. The number of rotatable bonds is 5. The monoisotopic (exact) mass is 471 g/mol. The van der Waals surface area contributed by atoms with Gasteiger partial charge in [0.2, 0.25) is 0 Å². The van der Waals surface area contributed by atoms with Crippen LogP contribution in [0.2, 0.25) is 0 Å². The second-order valence-electron chi connectivity index (χ2n) is 9.66. The third-order valence-electron chi connectivity index (χ3n) is 7.58. The molecule has 8 heteroatoms. The van der Waals surface area contributed by atoms with E-state index in [1.54, 1.807) is 19.2 Å². The van der Waals surface area contributed by atoms with Crippen molar-refractivity contribution in [3.8, 4) is 5.75 Å². The van der Waals surface area contributed by atoms with Crippen molar-refractivity contribution in [1.29, 1.82) is 0 Å². The van der Waals surface area contributed by atoms with Crippen LogP contribution in [0.5, 0.6) is 5.75 Å². The highest BCUT2D eigenvalue weighted by Gasteiger charge is 2.41. The number of piperazine rings is 1. The Morgan fingerprint density at radius 3 is 2.74 bits per heavy atom. The molecule has 1 fully saturated rings. The maximum Gasteiger partial charge on any atom is 0.335 e. The summed E-state index contributed by atoms with van der Waals surface area (Å²) in [4.78, 5) is 19.8. The number of aromatic nitrogens is 3. The molecule has 0 bridgehead atoms. The van der Waals surface area contributed by atoms with Crippen molar-refractivity contribution in [2.45, 2.75) is 32.1 Å². The Morgan fingerprint density at radius 2 is 2.00 bits per heavy atom. The van der Waals surface area contributed by atoms with Crippen molar-refractivity contribution in [2.24, 2.45) is 7.05 Å². The fraction of sp³-hybridized carbons (Fsp3) is 0.333. The summed E-state index contributed by atoms with van der Waals surface area (Å²) in [6, 6.07) is 12.0. The number of benzene rings is 2. The fourth-order valence-electron chi connectivity index (χ4n) is 5.87. The van der Waals surface area contributed by atoms with E-state index in [2.05, 4.69) is 40.0 Å². The molecule has 0 aliphatic carbocycles. The third-order valence-corrected chi connectivity index (χ3v) is 7.58. The van der Waals surface area contributed by atoms with Gasteiger partial charge in [-0.05, 0) is 42.3 Å². The summed E-state index contributed by atoms with van der Waals surface area (Å²) in [6.07, 6.45) is 4.14. The normalized spacial score (nSPS) is 20.2. The van der Waals surface area contributed by atoms with Gasteiger partial charge in [-0.3, -0.25) is 14.5 Å². The molecule has 6 rings (SSSR count). The summed E-state index contributed by atoms with van der Waals surface area (Å²) >= 11 is 0. The molecule has 2 N–H and O–H groups in total. The highest BCUT2D eigenvalue weighted by molar-refractivity contribution is 5.88. The first kappa shape index (κ1) is 21.9. The molecule has 0 spiro atoms. The Kier molecular flexibility index (Phi) is 5.16. The molecule has 2 aromatic heterocycles. The van der Waals surface area contributed by atoms with Crippen LogP contribution in [0.25, 0.3) is 10.9 Å². The van der Waals surface area contributed by atoms with Gasteiger partial charge in [0, 0.05) is 73.7 Å². The van der Waals surface area contributed by atoms with Gasteiger partial charge in [0.1, 0.15) is 5.75 Å². The summed E-state index contributed by atoms with van der Waals surface area (Å²) in [5, 5.41) is 15.2. The molecule has 4 aromatic rings. The molecule has 35 heavy (non-hydrogen) atoms. The molecular weight excluding hydrogens is 442 g/mol. The number of ether oxygens (including phenoxy) is 1. The van der Waals surface area contributed by atoms with Crippen LogP contribution < -0.4 is 4.74 Å². The van der Waals surface area contributed by atoms with E-state index in [0.717, 1.165) is 54.3 Å². The SMILES string of the molecule is COc1cc(C)c2[nH]ccc2c1CN1C[C@H]2c3cn(C)nc3CN2C[C@H]1c1ccc(C(=O)O)cc1. The summed E-state index contributed by atoms with van der Waals surface area (Å²) in [6.45, 7) is 5.37. The van der Waals surface area contributed by atoms with E-state index < -0.39 is 5.97 Å². The lowest BCUT2D eigenvalue weighted by molar-refractivity contribution is 0.0269. The van der Waals surface area contributed by atoms with Crippen LogP contribution in [0.4, 0.5) is 0 Å². The van der Waals surface area contributed by atoms with Crippen LogP contribution in [0.3, 0.4) is 0 Å². The summed E-state index contributed by atoms with van der Waals surface area (Å²) in [7, 11) is 3.71. The zero-order valence-electron chi connectivity index (χ0n) is 20.2. The van der Waals surface area contributed by atoms with Gasteiger partial charge in [-0.2, -0.15) is 5.10 Å². The Labute approximate surface area is 203 Å². The quantitative estimate of drug-likeness (QED) is 0.457. The van der Waals surface area contributed by atoms with Crippen molar-refractivity contribution in [3.63, 3.8) is 0 Å². The van der Waals surface area contributed by atoms with Crippen molar-refractivity contribution in [3.05, 3.63) is 82.3 Å².